The van der Waals surface area contributed by atoms with E-state index in [9.17, 15) is 23.2 Å². The van der Waals surface area contributed by atoms with Gasteiger partial charge < -0.3 is 15.0 Å². The molecule has 2 aromatic heterocycles. The van der Waals surface area contributed by atoms with E-state index in [1.54, 1.807) is 22.9 Å². The number of likely N-dealkylation sites (tertiary alicyclic amines) is 1. The maximum absolute atomic E-state index is 14.0. The van der Waals surface area contributed by atoms with Crippen LogP contribution in [0.3, 0.4) is 0 Å². The van der Waals surface area contributed by atoms with Gasteiger partial charge in [-0.15, -0.1) is 0 Å². The number of benzene rings is 1. The predicted octanol–water partition coefficient (Wildman–Crippen LogP) is 4.66. The van der Waals surface area contributed by atoms with E-state index >= 15 is 0 Å². The minimum absolute atomic E-state index is 0.141. The summed E-state index contributed by atoms with van der Waals surface area (Å²) in [5.74, 6) is -0.0528. The smallest absolute Gasteiger partial charge is 0.379 e. The van der Waals surface area contributed by atoms with Crippen LogP contribution in [0.2, 0.25) is 0 Å². The average Bonchev–Trinajstić information content (AvgIpc) is 3.43. The molecule has 4 atom stereocenters. The molecule has 1 aromatic carbocycles. The Balaban J connectivity index is 1.47. The number of alkyl halides is 3. The van der Waals surface area contributed by atoms with Crippen molar-refractivity contribution in [1.29, 1.82) is 5.26 Å². The van der Waals surface area contributed by atoms with E-state index in [1.165, 1.54) is 23.2 Å². The van der Waals surface area contributed by atoms with Gasteiger partial charge in [0.05, 0.1) is 30.2 Å². The van der Waals surface area contributed by atoms with Gasteiger partial charge in [-0.1, -0.05) is 12.1 Å². The Labute approximate surface area is 205 Å². The molecule has 0 saturated carbocycles. The van der Waals surface area contributed by atoms with E-state index in [0.717, 1.165) is 12.8 Å². The summed E-state index contributed by atoms with van der Waals surface area (Å²) in [5.41, 5.74) is 0.865. The molecule has 2 aliphatic heterocycles. The summed E-state index contributed by atoms with van der Waals surface area (Å²) in [4.78, 5) is 16.8. The summed E-state index contributed by atoms with van der Waals surface area (Å²) in [7, 11) is 0. The average molecular weight is 501 g/mol. The number of aromatic amines is 1. The van der Waals surface area contributed by atoms with Gasteiger partial charge in [0, 0.05) is 24.5 Å². The van der Waals surface area contributed by atoms with E-state index in [0.29, 0.717) is 42.8 Å². The molecule has 190 valence electrons. The molecule has 2 fully saturated rings. The van der Waals surface area contributed by atoms with Crippen LogP contribution in [0, 0.1) is 17.2 Å². The van der Waals surface area contributed by atoms with E-state index in [4.69, 9.17) is 4.74 Å². The fourth-order valence-corrected chi connectivity index (χ4v) is 5.35. The minimum Gasteiger partial charge on any atom is -0.379 e. The molecule has 8 nitrogen and oxygen atoms in total. The SMILES string of the molecule is CC1CCCN1C(c1ccc(Nc2nn([C@H]3COCCC3C#N)c3cc[nH]c(=O)c23)cc1)C(F)(F)F. The molecule has 11 heteroatoms. The number of rotatable bonds is 5. The number of hydrogen-bond acceptors (Lipinski definition) is 6. The van der Waals surface area contributed by atoms with E-state index in [1.807, 2.05) is 6.92 Å². The van der Waals surface area contributed by atoms with Gasteiger partial charge in [-0.3, -0.25) is 14.4 Å². The molecule has 0 bridgehead atoms. The number of H-pyrrole nitrogens is 1. The van der Waals surface area contributed by atoms with Crippen molar-refractivity contribution in [2.24, 2.45) is 5.92 Å². The normalized spacial score (nSPS) is 24.0. The first-order chi connectivity index (χ1) is 17.3. The lowest BCUT2D eigenvalue weighted by Crippen LogP contribution is -2.40. The molecule has 0 amide bonds. The first kappa shape index (κ1) is 24.3. The van der Waals surface area contributed by atoms with Crippen LogP contribution in [0.1, 0.15) is 43.8 Å². The van der Waals surface area contributed by atoms with Gasteiger partial charge in [0.15, 0.2) is 5.82 Å². The minimum atomic E-state index is -4.39. The maximum atomic E-state index is 14.0. The zero-order valence-electron chi connectivity index (χ0n) is 19.8. The van der Waals surface area contributed by atoms with Crippen LogP contribution in [0.5, 0.6) is 0 Å². The molecule has 5 rings (SSSR count). The van der Waals surface area contributed by atoms with Crippen LogP contribution in [0.4, 0.5) is 24.7 Å². The molecule has 2 N–H and O–H groups in total. The van der Waals surface area contributed by atoms with Crippen molar-refractivity contribution < 1.29 is 17.9 Å². The second-order valence-electron chi connectivity index (χ2n) is 9.45. The van der Waals surface area contributed by atoms with Gasteiger partial charge in [-0.05, 0) is 56.5 Å². The highest BCUT2D eigenvalue weighted by atomic mass is 19.4. The van der Waals surface area contributed by atoms with Crippen molar-refractivity contribution in [3.63, 3.8) is 0 Å². The zero-order valence-corrected chi connectivity index (χ0v) is 19.8. The van der Waals surface area contributed by atoms with Crippen molar-refractivity contribution in [3.8, 4) is 6.07 Å². The third-order valence-corrected chi connectivity index (χ3v) is 7.17. The summed E-state index contributed by atoms with van der Waals surface area (Å²) in [6.45, 7) is 3.02. The van der Waals surface area contributed by atoms with Crippen LogP contribution in [-0.2, 0) is 4.74 Å². The number of anilines is 2. The van der Waals surface area contributed by atoms with Gasteiger partial charge in [0.1, 0.15) is 11.4 Å². The lowest BCUT2D eigenvalue weighted by Gasteiger charge is -2.33. The van der Waals surface area contributed by atoms with Crippen LogP contribution in [0.25, 0.3) is 10.9 Å². The van der Waals surface area contributed by atoms with Crippen molar-refractivity contribution in [2.75, 3.05) is 25.1 Å². The van der Waals surface area contributed by atoms with Gasteiger partial charge >= 0.3 is 6.18 Å². The molecule has 2 saturated heterocycles. The summed E-state index contributed by atoms with van der Waals surface area (Å²) >= 11 is 0. The number of fused-ring (bicyclic) bond motifs is 1. The Kier molecular flexibility index (Phi) is 6.49. The number of aromatic nitrogens is 3. The Bertz CT molecular complexity index is 1330. The Morgan fingerprint density at radius 2 is 2.03 bits per heavy atom. The van der Waals surface area contributed by atoms with Crippen LogP contribution >= 0.6 is 0 Å². The highest BCUT2D eigenvalue weighted by Gasteiger charge is 2.47. The number of halogens is 3. The molecule has 3 unspecified atom stereocenters. The number of nitrogens with zero attached hydrogens (tertiary/aromatic N) is 4. The summed E-state index contributed by atoms with van der Waals surface area (Å²) < 4.78 is 49.2. The quantitative estimate of drug-likeness (QED) is 0.529. The Morgan fingerprint density at radius 1 is 1.25 bits per heavy atom. The fourth-order valence-electron chi connectivity index (χ4n) is 5.35. The van der Waals surface area contributed by atoms with Crippen molar-refractivity contribution >= 4 is 22.4 Å². The van der Waals surface area contributed by atoms with E-state index in [2.05, 4.69) is 21.5 Å². The second kappa shape index (κ2) is 9.59. The number of ether oxygens (including phenoxy) is 1. The van der Waals surface area contributed by atoms with Gasteiger partial charge in [0.25, 0.3) is 5.56 Å². The van der Waals surface area contributed by atoms with Crippen LogP contribution in [-0.4, -0.2) is 51.6 Å². The summed E-state index contributed by atoms with van der Waals surface area (Å²) in [5, 5.41) is 17.6. The van der Waals surface area contributed by atoms with Crippen molar-refractivity contribution in [1.82, 2.24) is 19.7 Å². The molecular formula is C25H27F3N6O2. The predicted molar refractivity (Wildman–Crippen MR) is 128 cm³/mol. The monoisotopic (exact) mass is 500 g/mol. The maximum Gasteiger partial charge on any atom is 0.408 e. The lowest BCUT2D eigenvalue weighted by molar-refractivity contribution is -0.188. The van der Waals surface area contributed by atoms with Gasteiger partial charge in [0.2, 0.25) is 0 Å². The second-order valence-corrected chi connectivity index (χ2v) is 9.45. The van der Waals surface area contributed by atoms with Gasteiger partial charge in [-0.2, -0.15) is 23.5 Å². The van der Waals surface area contributed by atoms with Crippen molar-refractivity contribution in [3.05, 3.63) is 52.4 Å². The first-order valence-corrected chi connectivity index (χ1v) is 12.0. The number of nitriles is 1. The largest absolute Gasteiger partial charge is 0.408 e. The molecule has 36 heavy (non-hydrogen) atoms. The van der Waals surface area contributed by atoms with Crippen LogP contribution in [0.15, 0.2) is 41.3 Å². The van der Waals surface area contributed by atoms with Crippen molar-refractivity contribution in [2.45, 2.75) is 50.5 Å². The number of hydrogen-bond donors (Lipinski definition) is 2. The number of pyridine rings is 1. The highest BCUT2D eigenvalue weighted by molar-refractivity contribution is 5.91. The first-order valence-electron chi connectivity index (χ1n) is 12.0. The molecular weight excluding hydrogens is 473 g/mol. The highest BCUT2D eigenvalue weighted by Crippen LogP contribution is 2.41. The Hall–Kier alpha value is -3.36. The summed E-state index contributed by atoms with van der Waals surface area (Å²) in [6.07, 6.45) is -0.824. The van der Waals surface area contributed by atoms with Gasteiger partial charge in [-0.25, -0.2) is 0 Å². The lowest BCUT2D eigenvalue weighted by atomic mass is 9.96. The molecule has 4 heterocycles. The van der Waals surface area contributed by atoms with Crippen LogP contribution < -0.4 is 10.9 Å². The number of nitrogens with one attached hydrogen (secondary N) is 2. The third-order valence-electron chi connectivity index (χ3n) is 7.17. The topological polar surface area (TPSA) is 99.0 Å². The summed E-state index contributed by atoms with van der Waals surface area (Å²) in [6, 6.07) is 7.92. The standard InChI is InChI=1S/C25H27F3N6O2/c1-15-3-2-11-33(15)22(25(26,27)28)16-4-6-18(7-5-16)31-23-21-19(8-10-30-24(21)35)34(32-23)20-14-36-12-9-17(20)13-29/h4-8,10,15,17,20,22H,2-3,9,11-12,14H2,1H3,(H,30,35)(H,31,32)/t15?,17?,20-,22?/m0/s1. The third kappa shape index (κ3) is 4.47. The zero-order chi connectivity index (χ0) is 25.4. The molecule has 0 radical (unpaired) electrons. The molecule has 0 aliphatic carbocycles. The Morgan fingerprint density at radius 3 is 2.69 bits per heavy atom. The van der Waals surface area contributed by atoms with E-state index in [-0.39, 0.29) is 34.9 Å². The fraction of sp³-hybridized carbons (Fsp3) is 0.480. The molecule has 0 spiro atoms. The molecule has 2 aliphatic rings. The molecule has 3 aromatic rings. The van der Waals surface area contributed by atoms with E-state index < -0.39 is 12.2 Å².